The highest BCUT2D eigenvalue weighted by Gasteiger charge is 2.40. The van der Waals surface area contributed by atoms with E-state index in [4.69, 9.17) is 0 Å². The molecule has 0 spiro atoms. The van der Waals surface area contributed by atoms with E-state index >= 15 is 0 Å². The summed E-state index contributed by atoms with van der Waals surface area (Å²) in [5.74, 6) is -0.186. The Morgan fingerprint density at radius 2 is 1.55 bits per heavy atom. The van der Waals surface area contributed by atoms with Gasteiger partial charge in [0.25, 0.3) is 0 Å². The summed E-state index contributed by atoms with van der Waals surface area (Å²) in [6.07, 6.45) is 0.947. The van der Waals surface area contributed by atoms with E-state index in [9.17, 15) is 9.59 Å². The summed E-state index contributed by atoms with van der Waals surface area (Å²) in [6.45, 7) is 3.04. The third kappa shape index (κ3) is 5.02. The van der Waals surface area contributed by atoms with Gasteiger partial charge in [-0.15, -0.1) is 0 Å². The van der Waals surface area contributed by atoms with Crippen LogP contribution in [0.15, 0.2) is 84.9 Å². The van der Waals surface area contributed by atoms with Crippen LogP contribution in [0.1, 0.15) is 41.1 Å². The number of carbonyl (C=O) groups excluding carboxylic acids is 2. The van der Waals surface area contributed by atoms with E-state index in [-0.39, 0.29) is 23.8 Å². The summed E-state index contributed by atoms with van der Waals surface area (Å²) in [5, 5.41) is 3.11. The molecular formula is C27H28N2O2. The largest absolute Gasteiger partial charge is 0.352 e. The topological polar surface area (TPSA) is 49.4 Å². The Kier molecular flexibility index (Phi) is 6.46. The summed E-state index contributed by atoms with van der Waals surface area (Å²) in [4.78, 5) is 28.1. The second-order valence-corrected chi connectivity index (χ2v) is 8.21. The van der Waals surface area contributed by atoms with Gasteiger partial charge in [-0.2, -0.15) is 0 Å². The molecule has 4 nitrogen and oxygen atoms in total. The number of hydrogen-bond donors (Lipinski definition) is 1. The van der Waals surface area contributed by atoms with E-state index in [1.54, 1.807) is 0 Å². The van der Waals surface area contributed by atoms with Crippen LogP contribution < -0.4 is 5.32 Å². The van der Waals surface area contributed by atoms with Gasteiger partial charge in [-0.3, -0.25) is 9.59 Å². The number of nitrogens with zero attached hydrogens (tertiary/aromatic N) is 1. The van der Waals surface area contributed by atoms with E-state index in [2.05, 4.69) is 17.4 Å². The fourth-order valence-corrected chi connectivity index (χ4v) is 4.28. The average molecular weight is 413 g/mol. The minimum atomic E-state index is -0.283. The Bertz CT molecular complexity index is 1020. The van der Waals surface area contributed by atoms with Crippen LogP contribution in [0, 0.1) is 12.8 Å². The van der Waals surface area contributed by atoms with Crippen LogP contribution in [0.2, 0.25) is 0 Å². The molecule has 1 heterocycles. The predicted molar refractivity (Wildman–Crippen MR) is 122 cm³/mol. The molecule has 0 unspecified atom stereocenters. The number of carbonyl (C=O) groups is 2. The molecule has 3 aromatic carbocycles. The van der Waals surface area contributed by atoms with Crippen molar-refractivity contribution in [2.75, 3.05) is 0 Å². The third-order valence-corrected chi connectivity index (χ3v) is 5.97. The molecule has 2 atom stereocenters. The Morgan fingerprint density at radius 1 is 0.903 bits per heavy atom. The van der Waals surface area contributed by atoms with Gasteiger partial charge in [-0.25, -0.2) is 0 Å². The number of likely N-dealkylation sites (tertiary alicyclic amines) is 1. The van der Waals surface area contributed by atoms with Crippen molar-refractivity contribution >= 4 is 11.8 Å². The van der Waals surface area contributed by atoms with E-state index in [0.29, 0.717) is 25.9 Å². The summed E-state index contributed by atoms with van der Waals surface area (Å²) < 4.78 is 0. The highest BCUT2D eigenvalue weighted by atomic mass is 16.2. The van der Waals surface area contributed by atoms with Crippen LogP contribution >= 0.6 is 0 Å². The average Bonchev–Trinajstić information content (AvgIpc) is 2.81. The molecule has 4 heteroatoms. The number of nitrogens with one attached hydrogen (secondary N) is 1. The molecule has 0 aromatic heterocycles. The van der Waals surface area contributed by atoms with Crippen molar-refractivity contribution in [2.45, 2.75) is 38.9 Å². The maximum absolute atomic E-state index is 13.3. The van der Waals surface area contributed by atoms with Crippen LogP contribution in [0.3, 0.4) is 0 Å². The van der Waals surface area contributed by atoms with Crippen LogP contribution in [-0.4, -0.2) is 16.7 Å². The molecule has 4 rings (SSSR count). The monoisotopic (exact) mass is 412 g/mol. The Labute approximate surface area is 183 Å². The lowest BCUT2D eigenvalue weighted by molar-refractivity contribution is -0.144. The van der Waals surface area contributed by atoms with Gasteiger partial charge in [0.2, 0.25) is 11.8 Å². The van der Waals surface area contributed by atoms with Gasteiger partial charge in [-0.1, -0.05) is 90.5 Å². The zero-order valence-electron chi connectivity index (χ0n) is 17.8. The minimum absolute atomic E-state index is 0.00000950. The second kappa shape index (κ2) is 9.61. The Balaban J connectivity index is 1.58. The SMILES string of the molecule is Cc1ccc(CNC(=O)[C@@H]2CCC(=O)N(Cc3ccccc3)[C@H]2c2ccccc2)cc1. The molecule has 0 saturated carbocycles. The lowest BCUT2D eigenvalue weighted by Gasteiger charge is -2.41. The van der Waals surface area contributed by atoms with Gasteiger partial charge in [0.1, 0.15) is 0 Å². The summed E-state index contributed by atoms with van der Waals surface area (Å²) in [7, 11) is 0. The first-order valence-corrected chi connectivity index (χ1v) is 10.8. The summed E-state index contributed by atoms with van der Waals surface area (Å²) >= 11 is 0. The lowest BCUT2D eigenvalue weighted by Crippen LogP contribution is -2.47. The van der Waals surface area contributed by atoms with Crippen molar-refractivity contribution in [3.8, 4) is 0 Å². The molecule has 1 saturated heterocycles. The molecule has 1 aliphatic rings. The Hall–Kier alpha value is -3.40. The fourth-order valence-electron chi connectivity index (χ4n) is 4.28. The highest BCUT2D eigenvalue weighted by molar-refractivity contribution is 5.85. The zero-order valence-corrected chi connectivity index (χ0v) is 17.8. The van der Waals surface area contributed by atoms with Gasteiger partial charge in [0.05, 0.1) is 12.0 Å². The number of piperidine rings is 1. The van der Waals surface area contributed by atoms with Gasteiger partial charge < -0.3 is 10.2 Å². The third-order valence-electron chi connectivity index (χ3n) is 5.97. The number of amides is 2. The van der Waals surface area contributed by atoms with Gasteiger partial charge in [0, 0.05) is 19.5 Å². The van der Waals surface area contributed by atoms with Crippen molar-refractivity contribution in [2.24, 2.45) is 5.92 Å². The molecule has 0 bridgehead atoms. The normalized spacial score (nSPS) is 18.6. The van der Waals surface area contributed by atoms with E-state index in [1.165, 1.54) is 5.56 Å². The van der Waals surface area contributed by atoms with Crippen molar-refractivity contribution < 1.29 is 9.59 Å². The molecule has 158 valence electrons. The van der Waals surface area contributed by atoms with E-state index < -0.39 is 0 Å². The molecule has 1 aliphatic heterocycles. The maximum Gasteiger partial charge on any atom is 0.225 e. The van der Waals surface area contributed by atoms with Crippen molar-refractivity contribution in [3.05, 3.63) is 107 Å². The van der Waals surface area contributed by atoms with Crippen molar-refractivity contribution in [1.29, 1.82) is 0 Å². The molecule has 3 aromatic rings. The van der Waals surface area contributed by atoms with Crippen LogP contribution in [0.25, 0.3) is 0 Å². The first kappa shape index (κ1) is 20.9. The first-order chi connectivity index (χ1) is 15.1. The van der Waals surface area contributed by atoms with Crippen LogP contribution in [0.4, 0.5) is 0 Å². The Morgan fingerprint density at radius 3 is 2.23 bits per heavy atom. The van der Waals surface area contributed by atoms with Gasteiger partial charge in [-0.05, 0) is 30.0 Å². The van der Waals surface area contributed by atoms with Gasteiger partial charge in [0.15, 0.2) is 0 Å². The minimum Gasteiger partial charge on any atom is -0.352 e. The molecule has 1 N–H and O–H groups in total. The number of hydrogen-bond acceptors (Lipinski definition) is 2. The van der Waals surface area contributed by atoms with Crippen LogP contribution in [-0.2, 0) is 22.7 Å². The molecular weight excluding hydrogens is 384 g/mol. The van der Waals surface area contributed by atoms with E-state index in [1.807, 2.05) is 84.6 Å². The number of aryl methyl sites for hydroxylation is 1. The maximum atomic E-state index is 13.3. The lowest BCUT2D eigenvalue weighted by atomic mass is 9.83. The smallest absolute Gasteiger partial charge is 0.225 e. The second-order valence-electron chi connectivity index (χ2n) is 8.21. The molecule has 31 heavy (non-hydrogen) atoms. The molecule has 0 aliphatic carbocycles. The molecule has 0 radical (unpaired) electrons. The predicted octanol–water partition coefficient (Wildman–Crippen LogP) is 4.79. The molecule has 1 fully saturated rings. The van der Waals surface area contributed by atoms with E-state index in [0.717, 1.165) is 16.7 Å². The summed E-state index contributed by atoms with van der Waals surface area (Å²) in [5.41, 5.74) is 4.34. The van der Waals surface area contributed by atoms with Crippen LogP contribution in [0.5, 0.6) is 0 Å². The number of benzene rings is 3. The number of rotatable bonds is 6. The quantitative estimate of drug-likeness (QED) is 0.633. The molecule has 2 amide bonds. The standard InChI is InChI=1S/C27H28N2O2/c1-20-12-14-21(15-13-20)18-28-27(31)24-16-17-25(30)29(19-22-8-4-2-5-9-22)26(24)23-10-6-3-7-11-23/h2-15,24,26H,16-19H2,1H3,(H,28,31)/t24-,26+/m1/s1. The zero-order chi connectivity index (χ0) is 21.6. The van der Waals surface area contributed by atoms with Gasteiger partial charge >= 0.3 is 0 Å². The first-order valence-electron chi connectivity index (χ1n) is 10.8. The fraction of sp³-hybridized carbons (Fsp3) is 0.259. The van der Waals surface area contributed by atoms with Crippen molar-refractivity contribution in [3.63, 3.8) is 0 Å². The highest BCUT2D eigenvalue weighted by Crippen LogP contribution is 2.38. The van der Waals surface area contributed by atoms with Crippen molar-refractivity contribution in [1.82, 2.24) is 10.2 Å². The summed E-state index contributed by atoms with van der Waals surface area (Å²) in [6, 6.07) is 27.8.